The highest BCUT2D eigenvalue weighted by Gasteiger charge is 2.37. The first kappa shape index (κ1) is 19.9. The maximum Gasteiger partial charge on any atom is 0.342 e. The Kier molecular flexibility index (Phi) is 5.33. The largest absolute Gasteiger partial charge is 0.462 e. The number of benzene rings is 1. The van der Waals surface area contributed by atoms with Crippen LogP contribution in [-0.2, 0) is 24.6 Å². The first-order chi connectivity index (χ1) is 12.6. The molecule has 0 atom stereocenters. The van der Waals surface area contributed by atoms with Gasteiger partial charge >= 0.3 is 5.97 Å². The van der Waals surface area contributed by atoms with Crippen molar-refractivity contribution < 1.29 is 13.9 Å². The highest BCUT2D eigenvalue weighted by atomic mass is 127. The van der Waals surface area contributed by atoms with Gasteiger partial charge in [-0.05, 0) is 71.5 Å². The van der Waals surface area contributed by atoms with Crippen molar-refractivity contribution in [3.8, 4) is 0 Å². The number of aromatic nitrogens is 1. The summed E-state index contributed by atoms with van der Waals surface area (Å²) in [5.41, 5.74) is 1.57. The van der Waals surface area contributed by atoms with Gasteiger partial charge in [0.05, 0.1) is 12.3 Å². The smallest absolute Gasteiger partial charge is 0.342 e. The molecule has 0 amide bonds. The summed E-state index contributed by atoms with van der Waals surface area (Å²) in [6, 6.07) is 4.74. The first-order valence-electron chi connectivity index (χ1n) is 8.78. The van der Waals surface area contributed by atoms with Crippen LogP contribution in [0, 0.1) is 14.8 Å². The molecule has 1 heterocycles. The fourth-order valence-corrected chi connectivity index (χ4v) is 4.03. The molecule has 0 spiro atoms. The number of anilines is 2. The zero-order chi connectivity index (χ0) is 19.9. The van der Waals surface area contributed by atoms with Crippen molar-refractivity contribution in [1.29, 1.82) is 0 Å². The average Bonchev–Trinajstić information content (AvgIpc) is 2.90. The lowest BCUT2D eigenvalue weighted by Gasteiger charge is -2.19. The first-order valence-corrected chi connectivity index (χ1v) is 9.86. The fourth-order valence-electron chi connectivity index (χ4n) is 3.58. The van der Waals surface area contributed by atoms with Crippen LogP contribution in [0.1, 0.15) is 42.3 Å². The summed E-state index contributed by atoms with van der Waals surface area (Å²) in [6.45, 7) is 6.08. The summed E-state index contributed by atoms with van der Waals surface area (Å²) in [5, 5.41) is 2.96. The van der Waals surface area contributed by atoms with Gasteiger partial charge in [0.15, 0.2) is 0 Å². The number of carbonyl (C=O) groups is 1. The minimum absolute atomic E-state index is 0.123. The van der Waals surface area contributed by atoms with Crippen molar-refractivity contribution in [1.82, 2.24) is 4.57 Å². The van der Waals surface area contributed by atoms with Gasteiger partial charge in [0.1, 0.15) is 17.2 Å². The van der Waals surface area contributed by atoms with Gasteiger partial charge in [0.2, 0.25) is 0 Å². The van der Waals surface area contributed by atoms with Gasteiger partial charge in [-0.3, -0.25) is 9.36 Å². The van der Waals surface area contributed by atoms with E-state index in [1.165, 1.54) is 10.6 Å². The summed E-state index contributed by atoms with van der Waals surface area (Å²) < 4.78 is 21.8. The summed E-state index contributed by atoms with van der Waals surface area (Å²) in [7, 11) is 1.59. The van der Waals surface area contributed by atoms with E-state index in [1.54, 1.807) is 26.1 Å². The van der Waals surface area contributed by atoms with E-state index < -0.39 is 11.8 Å². The van der Waals surface area contributed by atoms with Crippen LogP contribution in [0.2, 0.25) is 0 Å². The standard InChI is InChI=1S/C20H22FIN2O3/c1-5-27-19(26)16-12-9-20(2,3)10-13(12)18(25)24(4)17(16)23-15-7-6-11(22)8-14(15)21/h6-8,23H,5,9-10H2,1-4H3. The minimum Gasteiger partial charge on any atom is -0.462 e. The molecule has 0 fully saturated rings. The molecule has 7 heteroatoms. The Morgan fingerprint density at radius 1 is 1.33 bits per heavy atom. The van der Waals surface area contributed by atoms with Gasteiger partial charge in [0, 0.05) is 16.2 Å². The molecule has 5 nitrogen and oxygen atoms in total. The molecule has 2 aromatic rings. The maximum atomic E-state index is 14.4. The van der Waals surface area contributed by atoms with E-state index in [-0.39, 0.29) is 29.1 Å². The van der Waals surface area contributed by atoms with Crippen molar-refractivity contribution in [2.24, 2.45) is 12.5 Å². The molecule has 0 aliphatic heterocycles. The van der Waals surface area contributed by atoms with E-state index in [4.69, 9.17) is 4.74 Å². The lowest BCUT2D eigenvalue weighted by atomic mass is 9.90. The van der Waals surface area contributed by atoms with Gasteiger partial charge in [0.25, 0.3) is 5.56 Å². The van der Waals surface area contributed by atoms with E-state index in [1.807, 2.05) is 22.6 Å². The van der Waals surface area contributed by atoms with Crippen LogP contribution in [-0.4, -0.2) is 17.1 Å². The normalized spacial score (nSPS) is 14.7. The van der Waals surface area contributed by atoms with Crippen molar-refractivity contribution >= 4 is 40.1 Å². The number of hydrogen-bond donors (Lipinski definition) is 1. The number of carbonyl (C=O) groups excluding carboxylic acids is 1. The van der Waals surface area contributed by atoms with Crippen LogP contribution in [0.5, 0.6) is 0 Å². The SMILES string of the molecule is CCOC(=O)c1c2c(c(=O)n(C)c1Nc1ccc(I)cc1F)CC(C)(C)C2. The van der Waals surface area contributed by atoms with Gasteiger partial charge < -0.3 is 10.1 Å². The highest BCUT2D eigenvalue weighted by molar-refractivity contribution is 14.1. The third-order valence-corrected chi connectivity index (χ3v) is 5.45. The number of pyridine rings is 1. The van der Waals surface area contributed by atoms with Crippen molar-refractivity contribution in [2.75, 3.05) is 11.9 Å². The molecule has 1 N–H and O–H groups in total. The van der Waals surface area contributed by atoms with Crippen molar-refractivity contribution in [3.63, 3.8) is 0 Å². The molecule has 27 heavy (non-hydrogen) atoms. The average molecular weight is 484 g/mol. The topological polar surface area (TPSA) is 60.3 Å². The van der Waals surface area contributed by atoms with Crippen molar-refractivity contribution in [3.05, 3.63) is 54.6 Å². The van der Waals surface area contributed by atoms with E-state index in [0.717, 1.165) is 3.57 Å². The molecule has 0 saturated heterocycles. The molecule has 0 saturated carbocycles. The zero-order valence-corrected chi connectivity index (χ0v) is 17.9. The van der Waals surface area contributed by atoms with Gasteiger partial charge in [-0.1, -0.05) is 13.8 Å². The number of rotatable bonds is 4. The molecule has 0 unspecified atom stereocenters. The van der Waals surface area contributed by atoms with E-state index in [9.17, 15) is 14.0 Å². The van der Waals surface area contributed by atoms with Gasteiger partial charge in [-0.2, -0.15) is 0 Å². The number of fused-ring (bicyclic) bond motifs is 1. The summed E-state index contributed by atoms with van der Waals surface area (Å²) >= 11 is 2.02. The summed E-state index contributed by atoms with van der Waals surface area (Å²) in [5.74, 6) is -0.699. The molecule has 0 radical (unpaired) electrons. The van der Waals surface area contributed by atoms with Crippen LogP contribution in [0.4, 0.5) is 15.9 Å². The number of hydrogen-bond acceptors (Lipinski definition) is 4. The number of nitrogens with zero attached hydrogens (tertiary/aromatic N) is 1. The minimum atomic E-state index is -0.504. The van der Waals surface area contributed by atoms with Gasteiger partial charge in [-0.15, -0.1) is 0 Å². The second kappa shape index (κ2) is 7.26. The molecule has 0 bridgehead atoms. The summed E-state index contributed by atoms with van der Waals surface area (Å²) in [6.07, 6.45) is 1.19. The summed E-state index contributed by atoms with van der Waals surface area (Å²) in [4.78, 5) is 25.7. The molecular weight excluding hydrogens is 462 g/mol. The van der Waals surface area contributed by atoms with E-state index >= 15 is 0 Å². The molecule has 1 aliphatic rings. The Labute approximate surface area is 171 Å². The monoisotopic (exact) mass is 484 g/mol. The second-order valence-corrected chi connectivity index (χ2v) is 8.78. The maximum absolute atomic E-state index is 14.4. The number of nitrogens with one attached hydrogen (secondary N) is 1. The fraction of sp³-hybridized carbons (Fsp3) is 0.400. The quantitative estimate of drug-likeness (QED) is 0.523. The predicted molar refractivity (Wildman–Crippen MR) is 111 cm³/mol. The van der Waals surface area contributed by atoms with Crippen LogP contribution in [0.3, 0.4) is 0 Å². The second-order valence-electron chi connectivity index (χ2n) is 7.53. The number of esters is 1. The molecule has 1 aromatic heterocycles. The van der Waals surface area contributed by atoms with E-state index in [0.29, 0.717) is 29.5 Å². The molecule has 1 aliphatic carbocycles. The Morgan fingerprint density at radius 3 is 2.63 bits per heavy atom. The predicted octanol–water partition coefficient (Wildman–Crippen LogP) is 4.17. The highest BCUT2D eigenvalue weighted by Crippen LogP contribution is 2.39. The molecule has 1 aromatic carbocycles. The Hall–Kier alpha value is -1.90. The third-order valence-electron chi connectivity index (χ3n) is 4.78. The molecule has 144 valence electrons. The Balaban J connectivity index is 2.22. The third kappa shape index (κ3) is 3.74. The van der Waals surface area contributed by atoms with Crippen LogP contribution in [0.25, 0.3) is 0 Å². The molecule has 3 rings (SSSR count). The van der Waals surface area contributed by atoms with Crippen LogP contribution < -0.4 is 10.9 Å². The number of halogens is 2. The lowest BCUT2D eigenvalue weighted by Crippen LogP contribution is -2.27. The zero-order valence-electron chi connectivity index (χ0n) is 15.8. The Morgan fingerprint density at radius 2 is 2.00 bits per heavy atom. The van der Waals surface area contributed by atoms with Gasteiger partial charge in [-0.25, -0.2) is 9.18 Å². The molecular formula is C20H22FIN2O3. The van der Waals surface area contributed by atoms with E-state index in [2.05, 4.69) is 19.2 Å². The van der Waals surface area contributed by atoms with Crippen LogP contribution >= 0.6 is 22.6 Å². The van der Waals surface area contributed by atoms with Crippen molar-refractivity contribution in [2.45, 2.75) is 33.6 Å². The number of ether oxygens (including phenoxy) is 1. The van der Waals surface area contributed by atoms with Crippen LogP contribution in [0.15, 0.2) is 23.0 Å². The Bertz CT molecular complexity index is 982. The lowest BCUT2D eigenvalue weighted by molar-refractivity contribution is 0.0525.